The molecule has 0 spiro atoms. The fourth-order valence-corrected chi connectivity index (χ4v) is 3.71. The molecule has 1 heterocycles. The molecule has 1 N–H and O–H groups in total. The van der Waals surface area contributed by atoms with Crippen LogP contribution in [0, 0.1) is 0 Å². The maximum Gasteiger partial charge on any atom is 0.285 e. The maximum atomic E-state index is 12.6. The Morgan fingerprint density at radius 3 is 2.62 bits per heavy atom. The molecule has 26 heavy (non-hydrogen) atoms. The van der Waals surface area contributed by atoms with Crippen molar-refractivity contribution in [3.63, 3.8) is 0 Å². The number of para-hydroxylation sites is 1. The molecule has 0 saturated carbocycles. The summed E-state index contributed by atoms with van der Waals surface area (Å²) >= 11 is 9.74. The third-order valence-electron chi connectivity index (χ3n) is 3.53. The number of nitrogens with zero attached hydrogens (tertiary/aromatic N) is 1. The van der Waals surface area contributed by atoms with Crippen molar-refractivity contribution in [2.45, 2.75) is 0 Å². The average molecular weight is 449 g/mol. The fourth-order valence-electron chi connectivity index (χ4n) is 2.27. The summed E-state index contributed by atoms with van der Waals surface area (Å²) in [5.41, 5.74) is 3.73. The highest BCUT2D eigenvalue weighted by molar-refractivity contribution is 9.10. The molecule has 1 aliphatic heterocycles. The van der Waals surface area contributed by atoms with Gasteiger partial charge in [-0.1, -0.05) is 52.0 Å². The van der Waals surface area contributed by atoms with Crippen LogP contribution < -0.4 is 10.2 Å². The van der Waals surface area contributed by atoms with Gasteiger partial charge in [0.05, 0.1) is 17.6 Å². The number of hydrogen-bond acceptors (Lipinski definition) is 5. The van der Waals surface area contributed by atoms with Crippen LogP contribution in [-0.4, -0.2) is 28.3 Å². The van der Waals surface area contributed by atoms with E-state index in [9.17, 15) is 9.59 Å². The summed E-state index contributed by atoms with van der Waals surface area (Å²) in [6, 6.07) is 14.3. The first-order valence-electron chi connectivity index (χ1n) is 7.47. The van der Waals surface area contributed by atoms with Gasteiger partial charge in [-0.2, -0.15) is 5.01 Å². The Bertz CT molecular complexity index is 913. The molecular formula is C18H13BrN2O3S2. The van der Waals surface area contributed by atoms with Crippen molar-refractivity contribution in [3.8, 4) is 5.75 Å². The summed E-state index contributed by atoms with van der Waals surface area (Å²) in [7, 11) is 1.48. The van der Waals surface area contributed by atoms with Crippen LogP contribution in [0.15, 0.2) is 57.9 Å². The van der Waals surface area contributed by atoms with Gasteiger partial charge in [0.2, 0.25) is 0 Å². The second kappa shape index (κ2) is 8.03. The first-order valence-corrected chi connectivity index (χ1v) is 9.49. The minimum Gasteiger partial charge on any atom is -0.496 e. The number of thiocarbonyl (C=S) groups is 1. The topological polar surface area (TPSA) is 58.6 Å². The third kappa shape index (κ3) is 3.98. The number of halogens is 1. The van der Waals surface area contributed by atoms with Crippen molar-refractivity contribution in [3.05, 3.63) is 69.0 Å². The molecule has 2 aromatic carbocycles. The number of benzene rings is 2. The molecule has 1 fully saturated rings. The molecular weight excluding hydrogens is 436 g/mol. The SMILES string of the molecule is COc1ccccc1C(=O)NN1C(=O)/C(=C\c2ccc(Br)cc2)SC1=S. The van der Waals surface area contributed by atoms with Crippen LogP contribution in [0.2, 0.25) is 0 Å². The van der Waals surface area contributed by atoms with E-state index in [1.807, 2.05) is 24.3 Å². The van der Waals surface area contributed by atoms with Crippen molar-refractivity contribution < 1.29 is 14.3 Å². The van der Waals surface area contributed by atoms with E-state index in [2.05, 4.69) is 21.4 Å². The van der Waals surface area contributed by atoms with Crippen molar-refractivity contribution in [2.24, 2.45) is 0 Å². The summed E-state index contributed by atoms with van der Waals surface area (Å²) in [4.78, 5) is 25.5. The Kier molecular flexibility index (Phi) is 5.75. The molecule has 0 unspecified atom stereocenters. The number of rotatable bonds is 4. The first kappa shape index (κ1) is 18.6. The van der Waals surface area contributed by atoms with Crippen LogP contribution in [0.1, 0.15) is 15.9 Å². The Morgan fingerprint density at radius 1 is 1.23 bits per heavy atom. The van der Waals surface area contributed by atoms with Gasteiger partial charge in [-0.25, -0.2) is 0 Å². The number of carbonyl (C=O) groups excluding carboxylic acids is 2. The third-order valence-corrected chi connectivity index (χ3v) is 5.36. The Hall–Kier alpha value is -2.16. The standard InChI is InChI=1S/C18H13BrN2O3S2/c1-24-14-5-3-2-4-13(14)16(22)20-21-17(23)15(26-18(21)25)10-11-6-8-12(19)9-7-11/h2-10H,1H3,(H,20,22)/b15-10+. The van der Waals surface area contributed by atoms with Gasteiger partial charge in [-0.05, 0) is 48.1 Å². The number of methoxy groups -OCH3 is 1. The van der Waals surface area contributed by atoms with Gasteiger partial charge in [0.1, 0.15) is 5.75 Å². The summed E-state index contributed by atoms with van der Waals surface area (Å²) < 4.78 is 6.39. The minimum absolute atomic E-state index is 0.265. The zero-order valence-corrected chi connectivity index (χ0v) is 16.8. The lowest BCUT2D eigenvalue weighted by atomic mass is 10.2. The van der Waals surface area contributed by atoms with E-state index in [-0.39, 0.29) is 10.2 Å². The molecule has 1 saturated heterocycles. The van der Waals surface area contributed by atoms with Crippen molar-refractivity contribution >= 4 is 62.1 Å². The number of amides is 2. The number of ether oxygens (including phenoxy) is 1. The molecule has 0 atom stereocenters. The molecule has 2 amide bonds. The zero-order chi connectivity index (χ0) is 18.7. The Balaban J connectivity index is 1.79. The van der Waals surface area contributed by atoms with Gasteiger partial charge in [-0.15, -0.1) is 0 Å². The van der Waals surface area contributed by atoms with Crippen LogP contribution in [0.4, 0.5) is 0 Å². The summed E-state index contributed by atoms with van der Waals surface area (Å²) in [6.45, 7) is 0. The van der Waals surface area contributed by atoms with Crippen LogP contribution in [-0.2, 0) is 4.79 Å². The molecule has 3 rings (SSSR count). The van der Waals surface area contributed by atoms with E-state index in [4.69, 9.17) is 17.0 Å². The van der Waals surface area contributed by atoms with E-state index in [0.717, 1.165) is 26.8 Å². The minimum atomic E-state index is -0.469. The Morgan fingerprint density at radius 2 is 1.92 bits per heavy atom. The van der Waals surface area contributed by atoms with E-state index in [0.29, 0.717) is 16.2 Å². The lowest BCUT2D eigenvalue weighted by molar-refractivity contribution is -0.123. The average Bonchev–Trinajstić information content (AvgIpc) is 2.91. The van der Waals surface area contributed by atoms with E-state index < -0.39 is 5.91 Å². The number of hydrazine groups is 1. The number of thioether (sulfide) groups is 1. The van der Waals surface area contributed by atoms with Gasteiger partial charge in [0.15, 0.2) is 4.32 Å². The van der Waals surface area contributed by atoms with Crippen LogP contribution in [0.3, 0.4) is 0 Å². The molecule has 0 aliphatic carbocycles. The second-order valence-electron chi connectivity index (χ2n) is 5.21. The zero-order valence-electron chi connectivity index (χ0n) is 13.6. The highest BCUT2D eigenvalue weighted by Gasteiger charge is 2.34. The number of carbonyl (C=O) groups is 2. The quantitative estimate of drug-likeness (QED) is 0.565. The Labute approximate surface area is 168 Å². The number of hydrogen-bond donors (Lipinski definition) is 1. The second-order valence-corrected chi connectivity index (χ2v) is 7.80. The van der Waals surface area contributed by atoms with Crippen molar-refractivity contribution in [1.82, 2.24) is 10.4 Å². The molecule has 0 aromatic heterocycles. The summed E-state index contributed by atoms with van der Waals surface area (Å²) in [5, 5.41) is 1.08. The fraction of sp³-hybridized carbons (Fsp3) is 0.0556. The first-order chi connectivity index (χ1) is 12.5. The van der Waals surface area contributed by atoms with Crippen molar-refractivity contribution in [2.75, 3.05) is 7.11 Å². The van der Waals surface area contributed by atoms with Gasteiger partial charge >= 0.3 is 0 Å². The van der Waals surface area contributed by atoms with Gasteiger partial charge < -0.3 is 4.74 Å². The predicted molar refractivity (Wildman–Crippen MR) is 110 cm³/mol. The predicted octanol–water partition coefficient (Wildman–Crippen LogP) is 4.00. The van der Waals surface area contributed by atoms with E-state index >= 15 is 0 Å². The van der Waals surface area contributed by atoms with Gasteiger partial charge in [0, 0.05) is 4.47 Å². The molecule has 0 radical (unpaired) electrons. The van der Waals surface area contributed by atoms with Crippen molar-refractivity contribution in [1.29, 1.82) is 0 Å². The monoisotopic (exact) mass is 448 g/mol. The lowest BCUT2D eigenvalue weighted by Crippen LogP contribution is -2.44. The van der Waals surface area contributed by atoms with E-state index in [1.165, 1.54) is 7.11 Å². The molecule has 132 valence electrons. The van der Waals surface area contributed by atoms with Crippen LogP contribution >= 0.6 is 39.9 Å². The summed E-state index contributed by atoms with van der Waals surface area (Å²) in [6.07, 6.45) is 1.74. The van der Waals surface area contributed by atoms with Crippen LogP contribution in [0.25, 0.3) is 6.08 Å². The molecule has 2 aromatic rings. The van der Waals surface area contributed by atoms with Gasteiger partial charge in [-0.3, -0.25) is 15.0 Å². The van der Waals surface area contributed by atoms with E-state index in [1.54, 1.807) is 30.3 Å². The normalized spacial score (nSPS) is 15.5. The lowest BCUT2D eigenvalue weighted by Gasteiger charge is -2.16. The number of nitrogens with one attached hydrogen (secondary N) is 1. The highest BCUT2D eigenvalue weighted by atomic mass is 79.9. The molecule has 0 bridgehead atoms. The highest BCUT2D eigenvalue weighted by Crippen LogP contribution is 2.32. The molecule has 5 nitrogen and oxygen atoms in total. The molecule has 8 heteroatoms. The maximum absolute atomic E-state index is 12.6. The molecule has 1 aliphatic rings. The van der Waals surface area contributed by atoms with Gasteiger partial charge in [0.25, 0.3) is 11.8 Å². The summed E-state index contributed by atoms with van der Waals surface area (Å²) in [5.74, 6) is -0.421. The smallest absolute Gasteiger partial charge is 0.285 e. The van der Waals surface area contributed by atoms with Crippen LogP contribution in [0.5, 0.6) is 5.75 Å². The largest absolute Gasteiger partial charge is 0.496 e.